The summed E-state index contributed by atoms with van der Waals surface area (Å²) in [6.07, 6.45) is 0. The van der Waals surface area contributed by atoms with Crippen molar-refractivity contribution >= 4 is 23.8 Å². The van der Waals surface area contributed by atoms with E-state index >= 15 is 0 Å². The molecular formula is C18H18ClFN4O2S. The van der Waals surface area contributed by atoms with E-state index in [0.717, 1.165) is 11.4 Å². The minimum absolute atomic E-state index is 0.00282. The number of halogens is 2. The standard InChI is InChI=1S/C18H18ClFN4O2S/c1-11-22-23-18(27)24(11)21-9-12-6-7-16(17(8-12)25-2)26-10-13-14(19)4-3-5-15(13)20/h3-8,21H,9-10H2,1-2H3,(H,23,27). The number of hydrogen-bond donors (Lipinski definition) is 2. The first-order valence-electron chi connectivity index (χ1n) is 8.10. The molecule has 0 aliphatic rings. The molecule has 0 bridgehead atoms. The Balaban J connectivity index is 1.71. The van der Waals surface area contributed by atoms with Gasteiger partial charge in [-0.25, -0.2) is 9.07 Å². The Hall–Kier alpha value is -2.58. The van der Waals surface area contributed by atoms with Crippen molar-refractivity contribution in [1.29, 1.82) is 0 Å². The van der Waals surface area contributed by atoms with Crippen molar-refractivity contribution in [2.24, 2.45) is 0 Å². The Kier molecular flexibility index (Phi) is 5.98. The van der Waals surface area contributed by atoms with Gasteiger partial charge in [0, 0.05) is 5.56 Å². The number of methoxy groups -OCH3 is 1. The zero-order valence-corrected chi connectivity index (χ0v) is 16.3. The molecule has 0 aliphatic carbocycles. The van der Waals surface area contributed by atoms with Gasteiger partial charge in [-0.05, 0) is 49.0 Å². The fraction of sp³-hybridized carbons (Fsp3) is 0.222. The van der Waals surface area contributed by atoms with Crippen LogP contribution in [0, 0.1) is 17.5 Å². The van der Waals surface area contributed by atoms with Crippen LogP contribution in [0.3, 0.4) is 0 Å². The SMILES string of the molecule is COc1cc(CNn2c(C)n[nH]c2=S)ccc1OCc1c(F)cccc1Cl. The van der Waals surface area contributed by atoms with Gasteiger partial charge in [0.05, 0.1) is 18.7 Å². The quantitative estimate of drug-likeness (QED) is 0.568. The van der Waals surface area contributed by atoms with E-state index in [1.807, 2.05) is 19.1 Å². The fourth-order valence-corrected chi connectivity index (χ4v) is 2.95. The van der Waals surface area contributed by atoms with Crippen LogP contribution >= 0.6 is 23.8 Å². The topological polar surface area (TPSA) is 64.1 Å². The summed E-state index contributed by atoms with van der Waals surface area (Å²) >= 11 is 11.2. The van der Waals surface area contributed by atoms with Crippen molar-refractivity contribution < 1.29 is 13.9 Å². The molecule has 0 fully saturated rings. The lowest BCUT2D eigenvalue weighted by molar-refractivity contribution is 0.279. The predicted octanol–water partition coefficient (Wildman–Crippen LogP) is 4.37. The fourth-order valence-electron chi connectivity index (χ4n) is 2.49. The van der Waals surface area contributed by atoms with E-state index in [4.69, 9.17) is 33.3 Å². The van der Waals surface area contributed by atoms with Gasteiger partial charge in [-0.1, -0.05) is 23.7 Å². The number of rotatable bonds is 7. The van der Waals surface area contributed by atoms with Gasteiger partial charge in [0.2, 0.25) is 4.77 Å². The molecule has 0 aliphatic heterocycles. The lowest BCUT2D eigenvalue weighted by Crippen LogP contribution is -2.16. The maximum Gasteiger partial charge on any atom is 0.214 e. The number of nitrogens with zero attached hydrogens (tertiary/aromatic N) is 2. The number of benzene rings is 2. The summed E-state index contributed by atoms with van der Waals surface area (Å²) in [5.41, 5.74) is 4.43. The molecular weight excluding hydrogens is 391 g/mol. The number of aromatic amines is 1. The Morgan fingerprint density at radius 1 is 1.30 bits per heavy atom. The lowest BCUT2D eigenvalue weighted by atomic mass is 10.2. The summed E-state index contributed by atoms with van der Waals surface area (Å²) in [7, 11) is 1.55. The Morgan fingerprint density at radius 3 is 2.78 bits per heavy atom. The van der Waals surface area contributed by atoms with Crippen LogP contribution in [0.25, 0.3) is 0 Å². The van der Waals surface area contributed by atoms with Crippen molar-refractivity contribution in [3.63, 3.8) is 0 Å². The first-order valence-corrected chi connectivity index (χ1v) is 8.88. The van der Waals surface area contributed by atoms with Gasteiger partial charge in [-0.15, -0.1) is 0 Å². The van der Waals surface area contributed by atoms with Crippen molar-refractivity contribution in [1.82, 2.24) is 14.9 Å². The highest BCUT2D eigenvalue weighted by molar-refractivity contribution is 7.71. The average Bonchev–Trinajstić information content (AvgIpc) is 2.98. The van der Waals surface area contributed by atoms with Crippen LogP contribution in [0.15, 0.2) is 36.4 Å². The number of aryl methyl sites for hydroxylation is 1. The number of ether oxygens (including phenoxy) is 2. The molecule has 0 radical (unpaired) electrons. The van der Waals surface area contributed by atoms with Gasteiger partial charge in [0.15, 0.2) is 11.5 Å². The van der Waals surface area contributed by atoms with E-state index in [1.54, 1.807) is 30.0 Å². The lowest BCUT2D eigenvalue weighted by Gasteiger charge is -2.14. The molecule has 142 valence electrons. The minimum Gasteiger partial charge on any atom is -0.493 e. The second-order valence-electron chi connectivity index (χ2n) is 5.72. The molecule has 0 amide bonds. The molecule has 2 aromatic carbocycles. The highest BCUT2D eigenvalue weighted by atomic mass is 35.5. The molecule has 0 saturated heterocycles. The summed E-state index contributed by atoms with van der Waals surface area (Å²) in [4.78, 5) is 0. The second-order valence-corrected chi connectivity index (χ2v) is 6.51. The van der Waals surface area contributed by atoms with E-state index in [0.29, 0.717) is 33.4 Å². The van der Waals surface area contributed by atoms with Gasteiger partial charge in [-0.3, -0.25) is 5.10 Å². The third-order valence-electron chi connectivity index (χ3n) is 3.94. The van der Waals surface area contributed by atoms with Crippen LogP contribution in [-0.4, -0.2) is 22.0 Å². The molecule has 1 aromatic heterocycles. The van der Waals surface area contributed by atoms with Gasteiger partial charge >= 0.3 is 0 Å². The van der Waals surface area contributed by atoms with E-state index in [9.17, 15) is 4.39 Å². The predicted molar refractivity (Wildman–Crippen MR) is 104 cm³/mol. The molecule has 3 rings (SSSR count). The largest absolute Gasteiger partial charge is 0.493 e. The zero-order chi connectivity index (χ0) is 19.4. The van der Waals surface area contributed by atoms with Gasteiger partial charge in [-0.2, -0.15) is 5.10 Å². The maximum atomic E-state index is 13.9. The van der Waals surface area contributed by atoms with Gasteiger partial charge < -0.3 is 14.9 Å². The number of H-pyrrole nitrogens is 1. The molecule has 0 unspecified atom stereocenters. The molecule has 0 spiro atoms. The number of aromatic nitrogens is 3. The summed E-state index contributed by atoms with van der Waals surface area (Å²) in [5.74, 6) is 1.36. The molecule has 9 heteroatoms. The molecule has 1 heterocycles. The molecule has 6 nitrogen and oxygen atoms in total. The monoisotopic (exact) mass is 408 g/mol. The first-order chi connectivity index (χ1) is 13.0. The molecule has 0 atom stereocenters. The van der Waals surface area contributed by atoms with Crippen LogP contribution in [0.5, 0.6) is 11.5 Å². The highest BCUT2D eigenvalue weighted by Gasteiger charge is 2.11. The number of hydrogen-bond acceptors (Lipinski definition) is 5. The van der Waals surface area contributed by atoms with E-state index < -0.39 is 5.82 Å². The summed E-state index contributed by atoms with van der Waals surface area (Å²) in [5, 5.41) is 7.08. The third-order valence-corrected chi connectivity index (χ3v) is 4.57. The second kappa shape index (κ2) is 8.41. The van der Waals surface area contributed by atoms with E-state index in [-0.39, 0.29) is 6.61 Å². The maximum absolute atomic E-state index is 13.9. The van der Waals surface area contributed by atoms with Crippen LogP contribution in [0.2, 0.25) is 5.02 Å². The van der Waals surface area contributed by atoms with Crippen molar-refractivity contribution in [2.45, 2.75) is 20.1 Å². The average molecular weight is 409 g/mol. The molecule has 3 aromatic rings. The van der Waals surface area contributed by atoms with Crippen LogP contribution in [-0.2, 0) is 13.2 Å². The minimum atomic E-state index is -0.408. The first kappa shape index (κ1) is 19.2. The summed E-state index contributed by atoms with van der Waals surface area (Å²) < 4.78 is 27.2. The Bertz CT molecular complexity index is 985. The molecule has 27 heavy (non-hydrogen) atoms. The molecule has 0 saturated carbocycles. The van der Waals surface area contributed by atoms with Crippen LogP contribution in [0.4, 0.5) is 4.39 Å². The van der Waals surface area contributed by atoms with Crippen molar-refractivity contribution in [3.05, 3.63) is 69.0 Å². The van der Waals surface area contributed by atoms with Gasteiger partial charge in [0.25, 0.3) is 0 Å². The van der Waals surface area contributed by atoms with Gasteiger partial charge in [0.1, 0.15) is 18.2 Å². The molecule has 2 N–H and O–H groups in total. The summed E-state index contributed by atoms with van der Waals surface area (Å²) in [6.45, 7) is 2.35. The Labute approximate surface area is 165 Å². The zero-order valence-electron chi connectivity index (χ0n) is 14.8. The van der Waals surface area contributed by atoms with Crippen LogP contribution < -0.4 is 14.9 Å². The third kappa shape index (κ3) is 4.40. The van der Waals surface area contributed by atoms with Crippen LogP contribution in [0.1, 0.15) is 17.0 Å². The van der Waals surface area contributed by atoms with E-state index in [2.05, 4.69) is 15.6 Å². The van der Waals surface area contributed by atoms with E-state index in [1.165, 1.54) is 6.07 Å². The highest BCUT2D eigenvalue weighted by Crippen LogP contribution is 2.30. The van der Waals surface area contributed by atoms with Crippen molar-refractivity contribution in [2.75, 3.05) is 12.5 Å². The Morgan fingerprint density at radius 2 is 2.11 bits per heavy atom. The van der Waals surface area contributed by atoms with Crippen molar-refractivity contribution in [3.8, 4) is 11.5 Å². The smallest absolute Gasteiger partial charge is 0.214 e. The normalized spacial score (nSPS) is 10.7. The number of nitrogens with one attached hydrogen (secondary N) is 2. The summed E-state index contributed by atoms with van der Waals surface area (Å²) in [6, 6.07) is 10.0.